The summed E-state index contributed by atoms with van der Waals surface area (Å²) in [5.41, 5.74) is 0. The van der Waals surface area contributed by atoms with Gasteiger partial charge in [0.05, 0.1) is 0 Å². The van der Waals surface area contributed by atoms with Crippen LogP contribution in [0.4, 0.5) is 0 Å². The molecule has 3 rings (SSSR count). The molecule has 0 heterocycles. The quantitative estimate of drug-likeness (QED) is 0.660. The first kappa shape index (κ1) is 16.8. The van der Waals surface area contributed by atoms with E-state index in [2.05, 4.69) is 5.32 Å². The van der Waals surface area contributed by atoms with Crippen LogP contribution in [0.15, 0.2) is 0 Å². The molecule has 0 radical (unpaired) electrons. The molecule has 3 saturated carbocycles. The molecule has 0 aromatic rings. The van der Waals surface area contributed by atoms with Gasteiger partial charge in [-0.1, -0.05) is 32.1 Å². The summed E-state index contributed by atoms with van der Waals surface area (Å²) in [5.74, 6) is 1.83. The van der Waals surface area contributed by atoms with Crippen molar-refractivity contribution in [2.45, 2.75) is 83.1 Å². The van der Waals surface area contributed by atoms with E-state index in [-0.39, 0.29) is 18.5 Å². The summed E-state index contributed by atoms with van der Waals surface area (Å²) < 4.78 is 5.14. The lowest BCUT2D eigenvalue weighted by Gasteiger charge is -2.21. The topological polar surface area (TPSA) is 55.4 Å². The van der Waals surface area contributed by atoms with E-state index < -0.39 is 0 Å². The number of carbonyl (C=O) groups is 2. The predicted octanol–water partition coefficient (Wildman–Crippen LogP) is 3.59. The summed E-state index contributed by atoms with van der Waals surface area (Å²) in [7, 11) is 0. The van der Waals surface area contributed by atoms with Crippen molar-refractivity contribution in [1.29, 1.82) is 0 Å². The van der Waals surface area contributed by atoms with Crippen LogP contribution in [0.1, 0.15) is 77.0 Å². The highest BCUT2D eigenvalue weighted by Crippen LogP contribution is 2.44. The Kier molecular flexibility index (Phi) is 5.96. The molecule has 0 spiro atoms. The lowest BCUT2D eigenvalue weighted by molar-refractivity contribution is -0.149. The average molecular weight is 321 g/mol. The first-order valence-corrected chi connectivity index (χ1v) is 9.67. The third-order valence-corrected chi connectivity index (χ3v) is 5.67. The summed E-state index contributed by atoms with van der Waals surface area (Å²) in [6, 6.07) is 0.340. The van der Waals surface area contributed by atoms with Crippen LogP contribution in [0, 0.1) is 17.8 Å². The Balaban J connectivity index is 1.25. The number of amides is 1. The molecule has 0 bridgehead atoms. The normalized spacial score (nSPS) is 22.1. The smallest absolute Gasteiger partial charge is 0.306 e. The molecular formula is C19H31NO3. The van der Waals surface area contributed by atoms with Gasteiger partial charge in [-0.15, -0.1) is 0 Å². The van der Waals surface area contributed by atoms with E-state index in [1.54, 1.807) is 0 Å². The van der Waals surface area contributed by atoms with E-state index in [4.69, 9.17) is 4.74 Å². The maximum absolute atomic E-state index is 12.0. The van der Waals surface area contributed by atoms with Crippen LogP contribution in [0.2, 0.25) is 0 Å². The monoisotopic (exact) mass is 321 g/mol. The fraction of sp³-hybridized carbons (Fsp3) is 0.895. The molecule has 3 fully saturated rings. The zero-order valence-electron chi connectivity index (χ0n) is 14.2. The Labute approximate surface area is 139 Å². The van der Waals surface area contributed by atoms with Crippen molar-refractivity contribution < 1.29 is 14.3 Å². The first-order chi connectivity index (χ1) is 11.2. The van der Waals surface area contributed by atoms with Crippen molar-refractivity contribution in [2.24, 2.45) is 17.8 Å². The lowest BCUT2D eigenvalue weighted by Crippen LogP contribution is -2.40. The second kappa shape index (κ2) is 8.16. The molecule has 3 aliphatic carbocycles. The van der Waals surface area contributed by atoms with Crippen molar-refractivity contribution >= 4 is 11.9 Å². The highest BCUT2D eigenvalue weighted by atomic mass is 16.5. The van der Waals surface area contributed by atoms with E-state index in [1.807, 2.05) is 0 Å². The molecular weight excluding hydrogens is 290 g/mol. The van der Waals surface area contributed by atoms with Crippen molar-refractivity contribution in [3.63, 3.8) is 0 Å². The van der Waals surface area contributed by atoms with E-state index in [0.717, 1.165) is 18.8 Å². The Morgan fingerprint density at radius 1 is 0.957 bits per heavy atom. The number of rotatable bonds is 9. The van der Waals surface area contributed by atoms with Crippen molar-refractivity contribution in [1.82, 2.24) is 5.32 Å². The van der Waals surface area contributed by atoms with Crippen molar-refractivity contribution in [3.8, 4) is 0 Å². The van der Waals surface area contributed by atoms with Gasteiger partial charge in [-0.2, -0.15) is 0 Å². The average Bonchev–Trinajstić information content (AvgIpc) is 3.45. The molecule has 1 N–H and O–H groups in total. The molecule has 0 aromatic heterocycles. The predicted molar refractivity (Wildman–Crippen MR) is 88.8 cm³/mol. The van der Waals surface area contributed by atoms with E-state index in [0.29, 0.717) is 24.3 Å². The van der Waals surface area contributed by atoms with Gasteiger partial charge in [-0.25, -0.2) is 0 Å². The molecule has 4 nitrogen and oxygen atoms in total. The lowest BCUT2D eigenvalue weighted by atomic mass is 9.86. The third kappa shape index (κ3) is 5.82. The Bertz CT molecular complexity index is 397. The SMILES string of the molecule is O=C(COC(=O)CCCC1CCCCC1)NC(C1CC1)C1CC1. The fourth-order valence-corrected chi connectivity index (χ4v) is 3.99. The summed E-state index contributed by atoms with van der Waals surface area (Å²) in [6.07, 6.45) is 14.1. The Hall–Kier alpha value is -1.06. The first-order valence-electron chi connectivity index (χ1n) is 9.67. The summed E-state index contributed by atoms with van der Waals surface area (Å²) in [4.78, 5) is 23.7. The van der Waals surface area contributed by atoms with Gasteiger partial charge in [0, 0.05) is 12.5 Å². The van der Waals surface area contributed by atoms with E-state index in [9.17, 15) is 9.59 Å². The Morgan fingerprint density at radius 2 is 1.61 bits per heavy atom. The summed E-state index contributed by atoms with van der Waals surface area (Å²) in [6.45, 7) is -0.0990. The molecule has 23 heavy (non-hydrogen) atoms. The highest BCUT2D eigenvalue weighted by molar-refractivity contribution is 5.80. The molecule has 1 amide bonds. The molecule has 3 aliphatic rings. The molecule has 0 aliphatic heterocycles. The standard InChI is InChI=1S/C19H31NO3/c21-17(20-19(15-9-10-15)16-11-12-16)13-23-18(22)8-4-7-14-5-2-1-3-6-14/h14-16,19H,1-13H2,(H,20,21). The number of hydrogen-bond donors (Lipinski definition) is 1. The van der Waals surface area contributed by atoms with Gasteiger partial charge in [-0.05, 0) is 56.3 Å². The van der Waals surface area contributed by atoms with Crippen LogP contribution >= 0.6 is 0 Å². The van der Waals surface area contributed by atoms with Gasteiger partial charge < -0.3 is 10.1 Å². The maximum atomic E-state index is 12.0. The largest absolute Gasteiger partial charge is 0.456 e. The van der Waals surface area contributed by atoms with Gasteiger partial charge in [-0.3, -0.25) is 9.59 Å². The number of carbonyl (C=O) groups excluding carboxylic acids is 2. The van der Waals surface area contributed by atoms with Gasteiger partial charge in [0.1, 0.15) is 0 Å². The maximum Gasteiger partial charge on any atom is 0.306 e. The highest BCUT2D eigenvalue weighted by Gasteiger charge is 2.42. The van der Waals surface area contributed by atoms with Gasteiger partial charge in [0.25, 0.3) is 5.91 Å². The van der Waals surface area contributed by atoms with Crippen LogP contribution in [-0.2, 0) is 14.3 Å². The number of ether oxygens (including phenoxy) is 1. The zero-order valence-corrected chi connectivity index (χ0v) is 14.2. The number of hydrogen-bond acceptors (Lipinski definition) is 3. The van der Waals surface area contributed by atoms with E-state index in [1.165, 1.54) is 57.8 Å². The summed E-state index contributed by atoms with van der Waals surface area (Å²) in [5, 5.41) is 3.09. The molecule has 4 heteroatoms. The van der Waals surface area contributed by atoms with Gasteiger partial charge >= 0.3 is 5.97 Å². The second-order valence-electron chi connectivity index (χ2n) is 7.83. The molecule has 130 valence electrons. The van der Waals surface area contributed by atoms with Gasteiger partial charge in [0.15, 0.2) is 6.61 Å². The van der Waals surface area contributed by atoms with Crippen molar-refractivity contribution in [3.05, 3.63) is 0 Å². The summed E-state index contributed by atoms with van der Waals surface area (Å²) >= 11 is 0. The fourth-order valence-electron chi connectivity index (χ4n) is 3.99. The second-order valence-corrected chi connectivity index (χ2v) is 7.83. The molecule has 0 aromatic carbocycles. The van der Waals surface area contributed by atoms with Crippen molar-refractivity contribution in [2.75, 3.05) is 6.61 Å². The van der Waals surface area contributed by atoms with Crippen LogP contribution in [0.25, 0.3) is 0 Å². The minimum atomic E-state index is -0.217. The van der Waals surface area contributed by atoms with Gasteiger partial charge in [0.2, 0.25) is 0 Å². The van der Waals surface area contributed by atoms with Crippen LogP contribution in [0.5, 0.6) is 0 Å². The van der Waals surface area contributed by atoms with Crippen LogP contribution in [0.3, 0.4) is 0 Å². The van der Waals surface area contributed by atoms with Crippen LogP contribution in [-0.4, -0.2) is 24.5 Å². The molecule has 0 atom stereocenters. The number of esters is 1. The van der Waals surface area contributed by atoms with E-state index >= 15 is 0 Å². The molecule has 0 unspecified atom stereocenters. The Morgan fingerprint density at radius 3 is 2.22 bits per heavy atom. The zero-order chi connectivity index (χ0) is 16.1. The number of nitrogens with one attached hydrogen (secondary N) is 1. The minimum Gasteiger partial charge on any atom is -0.456 e. The minimum absolute atomic E-state index is 0.0990. The van der Waals surface area contributed by atoms with Crippen LogP contribution < -0.4 is 5.32 Å². The third-order valence-electron chi connectivity index (χ3n) is 5.67. The molecule has 0 saturated heterocycles.